The van der Waals surface area contributed by atoms with E-state index in [2.05, 4.69) is 10.3 Å². The fraction of sp³-hybridized carbons (Fsp3) is 0.500. The van der Waals surface area contributed by atoms with Crippen LogP contribution in [0.5, 0.6) is 0 Å². The van der Waals surface area contributed by atoms with Crippen molar-refractivity contribution in [1.29, 1.82) is 0 Å². The Labute approximate surface area is 101 Å². The molecule has 0 aliphatic carbocycles. The zero-order valence-corrected chi connectivity index (χ0v) is 10.3. The van der Waals surface area contributed by atoms with Crippen LogP contribution in [0.15, 0.2) is 18.3 Å². The van der Waals surface area contributed by atoms with Crippen LogP contribution in [-0.4, -0.2) is 30.1 Å². The third-order valence-electron chi connectivity index (χ3n) is 2.11. The highest BCUT2D eigenvalue weighted by Crippen LogP contribution is 2.05. The SMILES string of the molecule is CC(C)OCCCNC(=O)c1ncccc1N. The van der Waals surface area contributed by atoms with E-state index < -0.39 is 0 Å². The summed E-state index contributed by atoms with van der Waals surface area (Å²) in [5.41, 5.74) is 6.31. The summed E-state index contributed by atoms with van der Waals surface area (Å²) in [7, 11) is 0. The molecule has 1 aromatic rings. The molecule has 1 heterocycles. The average molecular weight is 237 g/mol. The molecule has 0 atom stereocenters. The second kappa shape index (κ2) is 6.85. The fourth-order valence-electron chi connectivity index (χ4n) is 1.28. The molecule has 5 nitrogen and oxygen atoms in total. The number of ether oxygens (including phenoxy) is 1. The molecule has 17 heavy (non-hydrogen) atoms. The summed E-state index contributed by atoms with van der Waals surface area (Å²) in [5, 5.41) is 2.75. The van der Waals surface area contributed by atoms with Crippen LogP contribution >= 0.6 is 0 Å². The van der Waals surface area contributed by atoms with Gasteiger partial charge in [-0.1, -0.05) is 0 Å². The van der Waals surface area contributed by atoms with Crippen molar-refractivity contribution in [2.24, 2.45) is 0 Å². The minimum atomic E-state index is -0.243. The summed E-state index contributed by atoms with van der Waals surface area (Å²) in [4.78, 5) is 15.6. The van der Waals surface area contributed by atoms with Gasteiger partial charge in [-0.3, -0.25) is 4.79 Å². The molecule has 0 aliphatic heterocycles. The van der Waals surface area contributed by atoms with E-state index in [9.17, 15) is 4.79 Å². The zero-order chi connectivity index (χ0) is 12.7. The van der Waals surface area contributed by atoms with E-state index in [1.807, 2.05) is 13.8 Å². The lowest BCUT2D eigenvalue weighted by molar-refractivity contribution is 0.0756. The van der Waals surface area contributed by atoms with Gasteiger partial charge in [-0.15, -0.1) is 0 Å². The number of nitrogen functional groups attached to an aromatic ring is 1. The lowest BCUT2D eigenvalue weighted by Gasteiger charge is -2.08. The van der Waals surface area contributed by atoms with Gasteiger partial charge in [0.2, 0.25) is 0 Å². The largest absolute Gasteiger partial charge is 0.397 e. The molecule has 0 saturated carbocycles. The van der Waals surface area contributed by atoms with E-state index in [-0.39, 0.29) is 17.7 Å². The number of carbonyl (C=O) groups is 1. The topological polar surface area (TPSA) is 77.2 Å². The molecule has 1 amide bonds. The summed E-state index contributed by atoms with van der Waals surface area (Å²) in [6.45, 7) is 5.15. The lowest BCUT2D eigenvalue weighted by atomic mass is 10.3. The van der Waals surface area contributed by atoms with E-state index in [0.29, 0.717) is 18.8 Å². The predicted molar refractivity (Wildman–Crippen MR) is 66.7 cm³/mol. The minimum Gasteiger partial charge on any atom is -0.397 e. The molecule has 0 fully saturated rings. The van der Waals surface area contributed by atoms with Crippen molar-refractivity contribution in [3.05, 3.63) is 24.0 Å². The van der Waals surface area contributed by atoms with Crippen LogP contribution in [-0.2, 0) is 4.74 Å². The maximum absolute atomic E-state index is 11.7. The Morgan fingerprint density at radius 2 is 2.35 bits per heavy atom. The van der Waals surface area contributed by atoms with Crippen LogP contribution in [0.2, 0.25) is 0 Å². The number of carbonyl (C=O) groups excluding carboxylic acids is 1. The van der Waals surface area contributed by atoms with Crippen molar-refractivity contribution in [2.75, 3.05) is 18.9 Å². The van der Waals surface area contributed by atoms with Gasteiger partial charge in [-0.05, 0) is 32.4 Å². The van der Waals surface area contributed by atoms with Crippen LogP contribution in [0.25, 0.3) is 0 Å². The number of pyridine rings is 1. The second-order valence-corrected chi connectivity index (χ2v) is 3.97. The second-order valence-electron chi connectivity index (χ2n) is 3.97. The fourth-order valence-corrected chi connectivity index (χ4v) is 1.28. The zero-order valence-electron chi connectivity index (χ0n) is 10.3. The van der Waals surface area contributed by atoms with Gasteiger partial charge in [0.05, 0.1) is 11.8 Å². The normalized spacial score (nSPS) is 10.5. The van der Waals surface area contributed by atoms with Crippen LogP contribution in [0, 0.1) is 0 Å². The first-order chi connectivity index (χ1) is 8.11. The monoisotopic (exact) mass is 237 g/mol. The van der Waals surface area contributed by atoms with Gasteiger partial charge in [-0.2, -0.15) is 0 Å². The molecule has 3 N–H and O–H groups in total. The number of anilines is 1. The molecule has 0 unspecified atom stereocenters. The first-order valence-electron chi connectivity index (χ1n) is 5.71. The Kier molecular flexibility index (Phi) is 5.42. The summed E-state index contributed by atoms with van der Waals surface area (Å²) in [5.74, 6) is -0.243. The van der Waals surface area contributed by atoms with Gasteiger partial charge >= 0.3 is 0 Å². The Balaban J connectivity index is 2.29. The highest BCUT2D eigenvalue weighted by Gasteiger charge is 2.09. The van der Waals surface area contributed by atoms with E-state index in [1.165, 1.54) is 0 Å². The van der Waals surface area contributed by atoms with Crippen molar-refractivity contribution in [1.82, 2.24) is 10.3 Å². The smallest absolute Gasteiger partial charge is 0.272 e. The Morgan fingerprint density at radius 1 is 1.59 bits per heavy atom. The Morgan fingerprint density at radius 3 is 3.00 bits per heavy atom. The third kappa shape index (κ3) is 4.82. The van der Waals surface area contributed by atoms with E-state index in [1.54, 1.807) is 18.3 Å². The van der Waals surface area contributed by atoms with Gasteiger partial charge in [-0.25, -0.2) is 4.98 Å². The number of nitrogens with zero attached hydrogens (tertiary/aromatic N) is 1. The number of amides is 1. The molecule has 94 valence electrons. The van der Waals surface area contributed by atoms with Crippen molar-refractivity contribution in [3.63, 3.8) is 0 Å². The third-order valence-corrected chi connectivity index (χ3v) is 2.11. The molecule has 1 aromatic heterocycles. The highest BCUT2D eigenvalue weighted by molar-refractivity contribution is 5.96. The van der Waals surface area contributed by atoms with Crippen molar-refractivity contribution < 1.29 is 9.53 Å². The molecule has 0 aliphatic rings. The number of rotatable bonds is 6. The summed E-state index contributed by atoms with van der Waals surface area (Å²) >= 11 is 0. The summed E-state index contributed by atoms with van der Waals surface area (Å²) in [6.07, 6.45) is 2.54. The van der Waals surface area contributed by atoms with Gasteiger partial charge < -0.3 is 15.8 Å². The van der Waals surface area contributed by atoms with E-state index >= 15 is 0 Å². The summed E-state index contributed by atoms with van der Waals surface area (Å²) in [6, 6.07) is 3.35. The summed E-state index contributed by atoms with van der Waals surface area (Å²) < 4.78 is 5.36. The van der Waals surface area contributed by atoms with Gasteiger partial charge in [0.15, 0.2) is 5.69 Å². The number of nitrogens with one attached hydrogen (secondary N) is 1. The van der Waals surface area contributed by atoms with E-state index in [4.69, 9.17) is 10.5 Å². The minimum absolute atomic E-state index is 0.220. The quantitative estimate of drug-likeness (QED) is 0.729. The van der Waals surface area contributed by atoms with Crippen molar-refractivity contribution in [3.8, 4) is 0 Å². The van der Waals surface area contributed by atoms with E-state index in [0.717, 1.165) is 6.42 Å². The molecular weight excluding hydrogens is 218 g/mol. The van der Waals surface area contributed by atoms with Crippen molar-refractivity contribution >= 4 is 11.6 Å². The molecule has 5 heteroatoms. The standard InChI is InChI=1S/C12H19N3O2/c1-9(2)17-8-4-7-15-12(16)11-10(13)5-3-6-14-11/h3,5-6,9H,4,7-8,13H2,1-2H3,(H,15,16). The molecule has 1 rings (SSSR count). The van der Waals surface area contributed by atoms with Gasteiger partial charge in [0, 0.05) is 19.3 Å². The Hall–Kier alpha value is -1.62. The highest BCUT2D eigenvalue weighted by atomic mass is 16.5. The maximum Gasteiger partial charge on any atom is 0.272 e. The van der Waals surface area contributed by atoms with Gasteiger partial charge in [0.25, 0.3) is 5.91 Å². The average Bonchev–Trinajstić information content (AvgIpc) is 2.28. The number of aromatic nitrogens is 1. The van der Waals surface area contributed by atoms with Crippen LogP contribution in [0.1, 0.15) is 30.8 Å². The number of nitrogens with two attached hydrogens (primary N) is 1. The predicted octanol–water partition coefficient (Wildman–Crippen LogP) is 1.21. The molecule has 0 radical (unpaired) electrons. The van der Waals surface area contributed by atoms with Crippen LogP contribution in [0.3, 0.4) is 0 Å². The molecule has 0 spiro atoms. The first-order valence-corrected chi connectivity index (χ1v) is 5.71. The molecule has 0 saturated heterocycles. The van der Waals surface area contributed by atoms with Gasteiger partial charge in [0.1, 0.15) is 0 Å². The molecular formula is C12H19N3O2. The molecule has 0 bridgehead atoms. The van der Waals surface area contributed by atoms with Crippen LogP contribution < -0.4 is 11.1 Å². The Bertz CT molecular complexity index is 367. The van der Waals surface area contributed by atoms with Crippen molar-refractivity contribution in [2.45, 2.75) is 26.4 Å². The first kappa shape index (κ1) is 13.4. The number of hydrogen-bond acceptors (Lipinski definition) is 4. The number of hydrogen-bond donors (Lipinski definition) is 2. The molecule has 0 aromatic carbocycles. The van der Waals surface area contributed by atoms with Crippen LogP contribution in [0.4, 0.5) is 5.69 Å². The maximum atomic E-state index is 11.7. The lowest BCUT2D eigenvalue weighted by Crippen LogP contribution is -2.27.